The van der Waals surface area contributed by atoms with E-state index in [0.29, 0.717) is 16.6 Å². The van der Waals surface area contributed by atoms with E-state index in [-0.39, 0.29) is 31.1 Å². The van der Waals surface area contributed by atoms with Crippen molar-refractivity contribution in [3.05, 3.63) is 74.9 Å². The standard InChI is InChI=1S/C22H24N4O4/c1-3-15-9-5-7-11-17(15)24-19(27)13-23-20(28)14-26-18-12-8-6-10-16(18)21(29)25(4-2)22(26)30/h5-12H,3-4,13-14H2,1-2H3,(H,23,28)(H,24,27). The van der Waals surface area contributed by atoms with Crippen LogP contribution in [0.5, 0.6) is 0 Å². The van der Waals surface area contributed by atoms with Crippen LogP contribution in [0, 0.1) is 0 Å². The smallest absolute Gasteiger partial charge is 0.331 e. The zero-order valence-corrected chi connectivity index (χ0v) is 17.0. The van der Waals surface area contributed by atoms with Crippen molar-refractivity contribution >= 4 is 28.4 Å². The van der Waals surface area contributed by atoms with Crippen LogP contribution in [-0.4, -0.2) is 27.5 Å². The molecular weight excluding hydrogens is 384 g/mol. The van der Waals surface area contributed by atoms with Gasteiger partial charge in [0.05, 0.1) is 17.4 Å². The fourth-order valence-electron chi connectivity index (χ4n) is 3.33. The molecule has 8 nitrogen and oxygen atoms in total. The summed E-state index contributed by atoms with van der Waals surface area (Å²) in [4.78, 5) is 49.8. The summed E-state index contributed by atoms with van der Waals surface area (Å²) in [5.74, 6) is -0.859. The SMILES string of the molecule is CCc1ccccc1NC(=O)CNC(=O)Cn1c(=O)n(CC)c(=O)c2ccccc21. The van der Waals surface area contributed by atoms with Crippen molar-refractivity contribution in [2.45, 2.75) is 33.4 Å². The molecule has 0 saturated carbocycles. The quantitative estimate of drug-likeness (QED) is 0.618. The van der Waals surface area contributed by atoms with Crippen molar-refractivity contribution in [1.29, 1.82) is 0 Å². The first-order valence-corrected chi connectivity index (χ1v) is 9.83. The lowest BCUT2D eigenvalue weighted by atomic mass is 10.1. The Bertz CT molecular complexity index is 1210. The number of benzene rings is 2. The Kier molecular flexibility index (Phi) is 6.46. The number of nitrogens with one attached hydrogen (secondary N) is 2. The second-order valence-electron chi connectivity index (χ2n) is 6.77. The molecule has 0 saturated heterocycles. The second kappa shape index (κ2) is 9.21. The van der Waals surface area contributed by atoms with Crippen LogP contribution < -0.4 is 21.9 Å². The van der Waals surface area contributed by atoms with Crippen LogP contribution in [0.2, 0.25) is 0 Å². The van der Waals surface area contributed by atoms with Gasteiger partial charge in [-0.3, -0.25) is 23.5 Å². The van der Waals surface area contributed by atoms with Gasteiger partial charge in [0, 0.05) is 12.2 Å². The number of para-hydroxylation sites is 2. The summed E-state index contributed by atoms with van der Waals surface area (Å²) < 4.78 is 2.34. The third-order valence-electron chi connectivity index (χ3n) is 4.87. The summed E-state index contributed by atoms with van der Waals surface area (Å²) in [6, 6.07) is 14.1. The van der Waals surface area contributed by atoms with Crippen molar-refractivity contribution < 1.29 is 9.59 Å². The molecule has 0 atom stereocenters. The minimum Gasteiger partial charge on any atom is -0.345 e. The number of aromatic nitrogens is 2. The van der Waals surface area contributed by atoms with Gasteiger partial charge in [0.2, 0.25) is 11.8 Å². The van der Waals surface area contributed by atoms with E-state index < -0.39 is 11.6 Å². The highest BCUT2D eigenvalue weighted by Gasteiger charge is 2.15. The molecule has 2 aromatic carbocycles. The van der Waals surface area contributed by atoms with Gasteiger partial charge in [-0.05, 0) is 37.1 Å². The summed E-state index contributed by atoms with van der Waals surface area (Å²) in [6.07, 6.45) is 0.770. The molecule has 1 heterocycles. The van der Waals surface area contributed by atoms with Gasteiger partial charge in [-0.15, -0.1) is 0 Å². The van der Waals surface area contributed by atoms with Gasteiger partial charge in [-0.1, -0.05) is 37.3 Å². The zero-order chi connectivity index (χ0) is 21.7. The third-order valence-corrected chi connectivity index (χ3v) is 4.87. The Morgan fingerprint density at radius 2 is 1.60 bits per heavy atom. The van der Waals surface area contributed by atoms with E-state index in [1.54, 1.807) is 37.3 Å². The van der Waals surface area contributed by atoms with Crippen LogP contribution in [0.3, 0.4) is 0 Å². The molecule has 0 radical (unpaired) electrons. The van der Waals surface area contributed by atoms with Gasteiger partial charge in [0.15, 0.2) is 0 Å². The predicted octanol–water partition coefficient (Wildman–Crippen LogP) is 1.50. The molecule has 156 valence electrons. The van der Waals surface area contributed by atoms with E-state index in [9.17, 15) is 19.2 Å². The number of fused-ring (bicyclic) bond motifs is 1. The maximum absolute atomic E-state index is 12.7. The number of nitrogens with zero attached hydrogens (tertiary/aromatic N) is 2. The van der Waals surface area contributed by atoms with Crippen LogP contribution in [0.1, 0.15) is 19.4 Å². The van der Waals surface area contributed by atoms with Gasteiger partial charge in [0.25, 0.3) is 5.56 Å². The minimum atomic E-state index is -0.558. The predicted molar refractivity (Wildman–Crippen MR) is 116 cm³/mol. The number of hydrogen-bond donors (Lipinski definition) is 2. The Labute approximate surface area is 173 Å². The van der Waals surface area contributed by atoms with Crippen LogP contribution in [0.25, 0.3) is 10.9 Å². The Hall–Kier alpha value is -3.68. The summed E-state index contributed by atoms with van der Waals surface area (Å²) in [5.41, 5.74) is 1.14. The average molecular weight is 408 g/mol. The molecule has 2 amide bonds. The highest BCUT2D eigenvalue weighted by Crippen LogP contribution is 2.15. The number of hydrogen-bond acceptors (Lipinski definition) is 4. The van der Waals surface area contributed by atoms with Crippen LogP contribution in [0.15, 0.2) is 58.1 Å². The molecule has 2 N–H and O–H groups in total. The van der Waals surface area contributed by atoms with E-state index >= 15 is 0 Å². The van der Waals surface area contributed by atoms with Gasteiger partial charge in [-0.25, -0.2) is 4.79 Å². The van der Waals surface area contributed by atoms with E-state index in [2.05, 4.69) is 10.6 Å². The molecule has 0 aliphatic rings. The maximum atomic E-state index is 12.7. The van der Waals surface area contributed by atoms with Gasteiger partial charge in [-0.2, -0.15) is 0 Å². The highest BCUT2D eigenvalue weighted by atomic mass is 16.2. The van der Waals surface area contributed by atoms with Gasteiger partial charge < -0.3 is 10.6 Å². The average Bonchev–Trinajstić information content (AvgIpc) is 2.76. The van der Waals surface area contributed by atoms with E-state index in [4.69, 9.17) is 0 Å². The number of rotatable bonds is 7. The van der Waals surface area contributed by atoms with Crippen molar-refractivity contribution in [2.24, 2.45) is 0 Å². The van der Waals surface area contributed by atoms with Crippen molar-refractivity contribution in [3.63, 3.8) is 0 Å². The number of anilines is 1. The van der Waals surface area contributed by atoms with Crippen LogP contribution in [0.4, 0.5) is 5.69 Å². The third kappa shape index (κ3) is 4.32. The van der Waals surface area contributed by atoms with Crippen LogP contribution >= 0.6 is 0 Å². The Morgan fingerprint density at radius 3 is 2.33 bits per heavy atom. The number of carbonyl (C=O) groups is 2. The topological polar surface area (TPSA) is 102 Å². The molecule has 0 spiro atoms. The van der Waals surface area contributed by atoms with Gasteiger partial charge in [0.1, 0.15) is 6.54 Å². The lowest BCUT2D eigenvalue weighted by Gasteiger charge is -2.13. The molecule has 0 bridgehead atoms. The summed E-state index contributed by atoms with van der Waals surface area (Å²) >= 11 is 0. The molecule has 3 aromatic rings. The van der Waals surface area contributed by atoms with Crippen molar-refractivity contribution in [3.8, 4) is 0 Å². The molecular formula is C22H24N4O4. The molecule has 3 rings (SSSR count). The summed E-state index contributed by atoms with van der Waals surface area (Å²) in [5, 5.41) is 5.68. The number of carbonyl (C=O) groups excluding carboxylic acids is 2. The van der Waals surface area contributed by atoms with E-state index in [1.807, 2.05) is 25.1 Å². The fraction of sp³-hybridized carbons (Fsp3) is 0.273. The molecule has 30 heavy (non-hydrogen) atoms. The normalized spacial score (nSPS) is 10.7. The fourth-order valence-corrected chi connectivity index (χ4v) is 3.33. The lowest BCUT2D eigenvalue weighted by Crippen LogP contribution is -2.43. The monoisotopic (exact) mass is 408 g/mol. The van der Waals surface area contributed by atoms with E-state index in [1.165, 1.54) is 4.57 Å². The Balaban J connectivity index is 1.74. The lowest BCUT2D eigenvalue weighted by molar-refractivity contribution is -0.124. The largest absolute Gasteiger partial charge is 0.345 e. The molecule has 0 unspecified atom stereocenters. The van der Waals surface area contributed by atoms with Gasteiger partial charge >= 0.3 is 5.69 Å². The zero-order valence-electron chi connectivity index (χ0n) is 17.0. The highest BCUT2D eigenvalue weighted by molar-refractivity contribution is 5.95. The maximum Gasteiger partial charge on any atom is 0.331 e. The molecule has 0 aliphatic carbocycles. The van der Waals surface area contributed by atoms with Crippen LogP contribution in [-0.2, 0) is 29.1 Å². The number of aryl methyl sites for hydroxylation is 1. The first kappa shape index (κ1) is 21.0. The summed E-state index contributed by atoms with van der Waals surface area (Å²) in [6.45, 7) is 3.36. The van der Waals surface area contributed by atoms with Crippen molar-refractivity contribution in [1.82, 2.24) is 14.5 Å². The first-order valence-electron chi connectivity index (χ1n) is 9.83. The first-order chi connectivity index (χ1) is 14.5. The Morgan fingerprint density at radius 1 is 0.900 bits per heavy atom. The van der Waals surface area contributed by atoms with E-state index in [0.717, 1.165) is 16.6 Å². The summed E-state index contributed by atoms with van der Waals surface area (Å²) in [7, 11) is 0. The molecule has 0 fully saturated rings. The minimum absolute atomic E-state index is 0.198. The molecule has 1 aromatic heterocycles. The molecule has 8 heteroatoms. The number of amides is 2. The second-order valence-corrected chi connectivity index (χ2v) is 6.77. The van der Waals surface area contributed by atoms with Crippen molar-refractivity contribution in [2.75, 3.05) is 11.9 Å². The molecule has 0 aliphatic heterocycles.